The van der Waals surface area contributed by atoms with Gasteiger partial charge in [-0.2, -0.15) is 0 Å². The maximum atomic E-state index is 13.9. The fourth-order valence-corrected chi connectivity index (χ4v) is 6.12. The molecule has 0 N–H and O–H groups in total. The Bertz CT molecular complexity index is 1240. The molecule has 3 aromatic carbocycles. The molecule has 0 radical (unpaired) electrons. The number of likely N-dealkylation sites (N-methyl/N-ethyl adjacent to an activating group) is 1. The molecule has 1 amide bonds. The van der Waals surface area contributed by atoms with Crippen LogP contribution in [0.1, 0.15) is 43.2 Å². The molecule has 0 atom stereocenters. The Hall–Kier alpha value is -3.02. The van der Waals surface area contributed by atoms with E-state index in [1.165, 1.54) is 33.7 Å². The van der Waals surface area contributed by atoms with Gasteiger partial charge in [-0.25, -0.2) is 4.31 Å². The van der Waals surface area contributed by atoms with E-state index in [-0.39, 0.29) is 11.8 Å². The third-order valence-corrected chi connectivity index (χ3v) is 8.52. The number of rotatable bonds is 7. The van der Waals surface area contributed by atoms with Gasteiger partial charge in [0.15, 0.2) is 0 Å². The minimum absolute atomic E-state index is 0.123. The summed E-state index contributed by atoms with van der Waals surface area (Å²) in [6, 6.07) is 25.9. The van der Waals surface area contributed by atoms with Crippen LogP contribution in [-0.2, 0) is 11.3 Å². The number of amides is 1. The number of anilines is 2. The lowest BCUT2D eigenvalue weighted by Crippen LogP contribution is -2.36. The zero-order valence-corrected chi connectivity index (χ0v) is 23.0. The molecule has 37 heavy (non-hydrogen) atoms. The van der Waals surface area contributed by atoms with Gasteiger partial charge in [-0.05, 0) is 78.4 Å². The summed E-state index contributed by atoms with van der Waals surface area (Å²) >= 11 is 1.77. The molecular formula is C32H37N3OS. The van der Waals surface area contributed by atoms with E-state index in [4.69, 9.17) is 0 Å². The van der Waals surface area contributed by atoms with Crippen molar-refractivity contribution in [2.24, 2.45) is 5.92 Å². The lowest BCUT2D eigenvalue weighted by Gasteiger charge is -2.30. The number of hydrogen-bond donors (Lipinski definition) is 0. The van der Waals surface area contributed by atoms with Crippen LogP contribution in [-0.4, -0.2) is 37.9 Å². The van der Waals surface area contributed by atoms with Crippen molar-refractivity contribution in [3.63, 3.8) is 0 Å². The van der Waals surface area contributed by atoms with Crippen molar-refractivity contribution in [2.45, 2.75) is 38.6 Å². The maximum Gasteiger partial charge on any atom is 0.230 e. The van der Waals surface area contributed by atoms with E-state index in [0.717, 1.165) is 43.5 Å². The summed E-state index contributed by atoms with van der Waals surface area (Å²) in [6.07, 6.45) is 7.82. The average molecular weight is 512 g/mol. The first-order chi connectivity index (χ1) is 18.0. The minimum atomic E-state index is 0.123. The molecule has 192 valence electrons. The predicted molar refractivity (Wildman–Crippen MR) is 159 cm³/mol. The maximum absolute atomic E-state index is 13.9. The standard InChI is InChI=1S/C32H37N3OS/c1-33(2)29-18-16-26(17-19-29)25-14-12-24(13-15-25)23-35(32(36)27-8-5-4-6-9-27)30-11-7-10-28(22-30)31-20-21-34(3)37-31/h7,10-20,22,27H,4-6,8-9,21,23H2,1-3H3. The summed E-state index contributed by atoms with van der Waals surface area (Å²) in [4.78, 5) is 19.3. The van der Waals surface area contributed by atoms with Crippen LogP contribution in [0.25, 0.3) is 16.0 Å². The molecule has 0 aromatic heterocycles. The van der Waals surface area contributed by atoms with Crippen molar-refractivity contribution in [3.05, 3.63) is 90.0 Å². The smallest absolute Gasteiger partial charge is 0.230 e. The van der Waals surface area contributed by atoms with Gasteiger partial charge in [0.25, 0.3) is 0 Å². The van der Waals surface area contributed by atoms with Gasteiger partial charge in [-0.1, -0.05) is 73.9 Å². The van der Waals surface area contributed by atoms with E-state index in [9.17, 15) is 4.79 Å². The molecule has 4 nitrogen and oxygen atoms in total. The number of hydrogen-bond acceptors (Lipinski definition) is 4. The van der Waals surface area contributed by atoms with E-state index < -0.39 is 0 Å². The van der Waals surface area contributed by atoms with Crippen molar-refractivity contribution in [1.82, 2.24) is 4.31 Å². The van der Waals surface area contributed by atoms with Crippen molar-refractivity contribution in [2.75, 3.05) is 37.5 Å². The molecule has 1 aliphatic heterocycles. The van der Waals surface area contributed by atoms with Crippen LogP contribution >= 0.6 is 11.9 Å². The molecule has 1 fully saturated rings. The second-order valence-electron chi connectivity index (χ2n) is 10.4. The van der Waals surface area contributed by atoms with Gasteiger partial charge in [0, 0.05) is 42.8 Å². The van der Waals surface area contributed by atoms with Gasteiger partial charge in [0.05, 0.1) is 6.54 Å². The Morgan fingerprint density at radius 1 is 0.865 bits per heavy atom. The highest BCUT2D eigenvalue weighted by atomic mass is 32.2. The molecule has 0 spiro atoms. The van der Waals surface area contributed by atoms with E-state index in [2.05, 4.69) is 109 Å². The highest BCUT2D eigenvalue weighted by molar-refractivity contribution is 8.06. The van der Waals surface area contributed by atoms with Crippen LogP contribution in [0.4, 0.5) is 11.4 Å². The topological polar surface area (TPSA) is 26.8 Å². The van der Waals surface area contributed by atoms with Gasteiger partial charge in [-0.15, -0.1) is 0 Å². The highest BCUT2D eigenvalue weighted by Crippen LogP contribution is 2.37. The number of nitrogens with zero attached hydrogens (tertiary/aromatic N) is 3. The molecule has 5 rings (SSSR count). The lowest BCUT2D eigenvalue weighted by molar-refractivity contribution is -0.123. The SMILES string of the molecule is CN1CC=C(c2cccc(N(Cc3ccc(-c4ccc(N(C)C)cc4)cc3)C(=O)C3CCCCC3)c2)S1. The van der Waals surface area contributed by atoms with Crippen LogP contribution in [0.2, 0.25) is 0 Å². The molecule has 5 heteroatoms. The van der Waals surface area contributed by atoms with Crippen LogP contribution in [0.5, 0.6) is 0 Å². The second-order valence-corrected chi connectivity index (χ2v) is 11.7. The Morgan fingerprint density at radius 3 is 2.16 bits per heavy atom. The third-order valence-electron chi connectivity index (χ3n) is 7.46. The van der Waals surface area contributed by atoms with E-state index >= 15 is 0 Å². The summed E-state index contributed by atoms with van der Waals surface area (Å²) in [5, 5.41) is 0. The minimum Gasteiger partial charge on any atom is -0.378 e. The number of carbonyl (C=O) groups excluding carboxylic acids is 1. The summed E-state index contributed by atoms with van der Waals surface area (Å²) in [5.74, 6) is 0.392. The molecule has 1 saturated carbocycles. The van der Waals surface area contributed by atoms with Gasteiger partial charge < -0.3 is 9.80 Å². The van der Waals surface area contributed by atoms with Crippen LogP contribution in [0.15, 0.2) is 78.9 Å². The van der Waals surface area contributed by atoms with Crippen molar-refractivity contribution < 1.29 is 4.79 Å². The number of benzene rings is 3. The Kier molecular flexibility index (Phi) is 8.02. The summed E-state index contributed by atoms with van der Waals surface area (Å²) in [7, 11) is 6.22. The lowest BCUT2D eigenvalue weighted by atomic mass is 9.88. The summed E-state index contributed by atoms with van der Waals surface area (Å²) in [5.41, 5.74) is 6.91. The molecule has 3 aromatic rings. The highest BCUT2D eigenvalue weighted by Gasteiger charge is 2.27. The number of carbonyl (C=O) groups is 1. The zero-order valence-electron chi connectivity index (χ0n) is 22.2. The molecule has 0 unspecified atom stereocenters. The second kappa shape index (κ2) is 11.6. The van der Waals surface area contributed by atoms with Gasteiger partial charge in [0.2, 0.25) is 5.91 Å². The van der Waals surface area contributed by atoms with E-state index in [1.54, 1.807) is 11.9 Å². The van der Waals surface area contributed by atoms with Gasteiger partial charge >= 0.3 is 0 Å². The van der Waals surface area contributed by atoms with Crippen LogP contribution in [0.3, 0.4) is 0 Å². The monoisotopic (exact) mass is 511 g/mol. The Labute approximate surface area is 226 Å². The first-order valence-corrected chi connectivity index (χ1v) is 14.1. The van der Waals surface area contributed by atoms with Crippen molar-refractivity contribution in [3.8, 4) is 11.1 Å². The normalized spacial score (nSPS) is 16.5. The molecule has 0 saturated heterocycles. The average Bonchev–Trinajstić information content (AvgIpc) is 3.38. The third kappa shape index (κ3) is 6.11. The summed E-state index contributed by atoms with van der Waals surface area (Å²) < 4.78 is 2.22. The van der Waals surface area contributed by atoms with Crippen LogP contribution in [0, 0.1) is 5.92 Å². The molecule has 1 aliphatic carbocycles. The summed E-state index contributed by atoms with van der Waals surface area (Å²) in [6.45, 7) is 1.53. The van der Waals surface area contributed by atoms with E-state index in [0.29, 0.717) is 6.54 Å². The van der Waals surface area contributed by atoms with Gasteiger partial charge in [-0.3, -0.25) is 4.79 Å². The van der Waals surface area contributed by atoms with E-state index in [1.807, 2.05) is 4.90 Å². The molecule has 2 aliphatic rings. The van der Waals surface area contributed by atoms with Crippen molar-refractivity contribution in [1.29, 1.82) is 0 Å². The first kappa shape index (κ1) is 25.6. The molecule has 1 heterocycles. The Morgan fingerprint density at radius 2 is 1.54 bits per heavy atom. The quantitative estimate of drug-likeness (QED) is 0.308. The van der Waals surface area contributed by atoms with Crippen molar-refractivity contribution >= 4 is 34.1 Å². The largest absolute Gasteiger partial charge is 0.378 e. The fourth-order valence-electron chi connectivity index (χ4n) is 5.26. The predicted octanol–water partition coefficient (Wildman–Crippen LogP) is 7.47. The van der Waals surface area contributed by atoms with Crippen LogP contribution < -0.4 is 9.80 Å². The zero-order chi connectivity index (χ0) is 25.8. The van der Waals surface area contributed by atoms with Gasteiger partial charge in [0.1, 0.15) is 0 Å². The molecule has 0 bridgehead atoms. The first-order valence-electron chi connectivity index (χ1n) is 13.4. The Balaban J connectivity index is 1.40. The molecular weight excluding hydrogens is 474 g/mol. The fraction of sp³-hybridized carbons (Fsp3) is 0.344.